The number of hydrogen-bond acceptors (Lipinski definition) is 4. The van der Waals surface area contributed by atoms with Crippen molar-refractivity contribution in [2.45, 2.75) is 25.6 Å². The molecule has 0 aliphatic carbocycles. The summed E-state index contributed by atoms with van der Waals surface area (Å²) in [4.78, 5) is 29.7. The Morgan fingerprint density at radius 1 is 1.00 bits per heavy atom. The van der Waals surface area contributed by atoms with Crippen LogP contribution in [0.4, 0.5) is 0 Å². The molecule has 0 bridgehead atoms. The van der Waals surface area contributed by atoms with Gasteiger partial charge in [-0.2, -0.15) is 0 Å². The maximum absolute atomic E-state index is 12.6. The molecule has 6 heteroatoms. The second-order valence-electron chi connectivity index (χ2n) is 6.80. The first-order valence-electron chi connectivity index (χ1n) is 8.81. The van der Waals surface area contributed by atoms with E-state index in [2.05, 4.69) is 22.0 Å². The molecule has 1 aliphatic rings. The van der Waals surface area contributed by atoms with Gasteiger partial charge in [0.1, 0.15) is 0 Å². The minimum atomic E-state index is -0.791. The first-order chi connectivity index (χ1) is 12.6. The highest BCUT2D eigenvalue weighted by Gasteiger charge is 2.19. The van der Waals surface area contributed by atoms with Crippen LogP contribution in [0.5, 0.6) is 0 Å². The number of rotatable bonds is 4. The monoisotopic (exact) mass is 351 g/mol. The fourth-order valence-corrected chi connectivity index (χ4v) is 3.64. The number of aliphatic hydroxyl groups is 1. The number of para-hydroxylation sites is 1. The minimum absolute atomic E-state index is 0.0167. The summed E-state index contributed by atoms with van der Waals surface area (Å²) in [5.41, 5.74) is 2.28. The van der Waals surface area contributed by atoms with Crippen molar-refractivity contribution in [2.75, 3.05) is 13.1 Å². The molecule has 0 spiro atoms. The molecule has 134 valence electrons. The van der Waals surface area contributed by atoms with Gasteiger partial charge in [-0.1, -0.05) is 36.4 Å². The van der Waals surface area contributed by atoms with Crippen molar-refractivity contribution < 1.29 is 5.11 Å². The van der Waals surface area contributed by atoms with Crippen LogP contribution in [0.25, 0.3) is 10.9 Å². The Hall–Kier alpha value is -2.70. The van der Waals surface area contributed by atoms with Crippen molar-refractivity contribution in [3.8, 4) is 0 Å². The Labute approximate surface area is 150 Å². The number of nitrogens with one attached hydrogen (secondary N) is 1. The first-order valence-corrected chi connectivity index (χ1v) is 8.81. The summed E-state index contributed by atoms with van der Waals surface area (Å²) < 4.78 is 1.09. The normalized spacial score (nSPS) is 15.7. The Bertz CT molecular complexity index is 1050. The van der Waals surface area contributed by atoms with Gasteiger partial charge in [-0.25, -0.2) is 4.79 Å². The van der Waals surface area contributed by atoms with Gasteiger partial charge in [-0.3, -0.25) is 14.3 Å². The van der Waals surface area contributed by atoms with Gasteiger partial charge in [0.25, 0.3) is 5.56 Å². The van der Waals surface area contributed by atoms with Crippen LogP contribution in [0.2, 0.25) is 0 Å². The average molecular weight is 351 g/mol. The van der Waals surface area contributed by atoms with Gasteiger partial charge in [0.15, 0.2) is 0 Å². The molecule has 1 atom stereocenters. The van der Waals surface area contributed by atoms with Crippen LogP contribution in [0.3, 0.4) is 0 Å². The largest absolute Gasteiger partial charge is 0.390 e. The quantitative estimate of drug-likeness (QED) is 0.738. The van der Waals surface area contributed by atoms with Gasteiger partial charge in [-0.15, -0.1) is 0 Å². The van der Waals surface area contributed by atoms with Crippen molar-refractivity contribution in [2.24, 2.45) is 0 Å². The number of aromatic nitrogens is 2. The maximum Gasteiger partial charge on any atom is 0.328 e. The fourth-order valence-electron chi connectivity index (χ4n) is 3.64. The van der Waals surface area contributed by atoms with Crippen LogP contribution in [-0.4, -0.2) is 38.8 Å². The molecule has 2 heterocycles. The van der Waals surface area contributed by atoms with Crippen molar-refractivity contribution >= 4 is 10.9 Å². The number of aromatic amines is 1. The maximum atomic E-state index is 12.6. The second kappa shape index (κ2) is 6.90. The summed E-state index contributed by atoms with van der Waals surface area (Å²) >= 11 is 0. The highest BCUT2D eigenvalue weighted by Crippen LogP contribution is 2.18. The number of nitrogens with zero attached hydrogens (tertiary/aromatic N) is 2. The zero-order valence-corrected chi connectivity index (χ0v) is 14.4. The van der Waals surface area contributed by atoms with Gasteiger partial charge >= 0.3 is 5.69 Å². The van der Waals surface area contributed by atoms with Crippen molar-refractivity contribution in [3.63, 3.8) is 0 Å². The molecule has 0 fully saturated rings. The van der Waals surface area contributed by atoms with E-state index in [1.807, 2.05) is 12.1 Å². The lowest BCUT2D eigenvalue weighted by Gasteiger charge is -2.30. The molecule has 0 unspecified atom stereocenters. The zero-order valence-electron chi connectivity index (χ0n) is 14.4. The molecule has 0 saturated carbocycles. The van der Waals surface area contributed by atoms with E-state index in [0.29, 0.717) is 17.4 Å². The molecule has 6 nitrogen and oxygen atoms in total. The fraction of sp³-hybridized carbons (Fsp3) is 0.300. The Morgan fingerprint density at radius 3 is 2.58 bits per heavy atom. The van der Waals surface area contributed by atoms with E-state index in [1.54, 1.807) is 24.3 Å². The second-order valence-corrected chi connectivity index (χ2v) is 6.80. The third-order valence-corrected chi connectivity index (χ3v) is 4.96. The molecular formula is C20H21N3O3. The highest BCUT2D eigenvalue weighted by molar-refractivity contribution is 5.76. The van der Waals surface area contributed by atoms with E-state index >= 15 is 0 Å². The minimum Gasteiger partial charge on any atom is -0.390 e. The standard InChI is InChI=1S/C20H21N3O3/c24-16(12-22-10-9-14-5-1-2-6-15(14)11-22)13-23-19(25)17-7-3-4-8-18(17)21-20(23)26/h1-8,16,24H,9-13H2,(H,21,26)/t16-/m0/s1. The SMILES string of the molecule is O=c1[nH]c2ccccc2c(=O)n1C[C@@H](O)CN1CCc2ccccc2C1. The Morgan fingerprint density at radius 2 is 1.73 bits per heavy atom. The molecule has 0 saturated heterocycles. The lowest BCUT2D eigenvalue weighted by Crippen LogP contribution is -2.43. The Kier molecular flexibility index (Phi) is 4.44. The highest BCUT2D eigenvalue weighted by atomic mass is 16.3. The average Bonchev–Trinajstić information content (AvgIpc) is 2.65. The third kappa shape index (κ3) is 3.21. The van der Waals surface area contributed by atoms with Crippen molar-refractivity contribution in [3.05, 3.63) is 80.5 Å². The smallest absolute Gasteiger partial charge is 0.328 e. The van der Waals surface area contributed by atoms with Crippen LogP contribution in [-0.2, 0) is 19.5 Å². The van der Waals surface area contributed by atoms with Crippen LogP contribution < -0.4 is 11.2 Å². The van der Waals surface area contributed by atoms with E-state index < -0.39 is 11.8 Å². The van der Waals surface area contributed by atoms with Crippen LogP contribution >= 0.6 is 0 Å². The predicted octanol–water partition coefficient (Wildman–Crippen LogP) is 1.11. The molecular weight excluding hydrogens is 330 g/mol. The van der Waals surface area contributed by atoms with Crippen LogP contribution in [0, 0.1) is 0 Å². The molecule has 2 N–H and O–H groups in total. The van der Waals surface area contributed by atoms with Gasteiger partial charge in [0.2, 0.25) is 0 Å². The topological polar surface area (TPSA) is 78.3 Å². The van der Waals surface area contributed by atoms with E-state index in [-0.39, 0.29) is 12.1 Å². The zero-order chi connectivity index (χ0) is 18.1. The Balaban J connectivity index is 1.51. The number of benzene rings is 2. The summed E-state index contributed by atoms with van der Waals surface area (Å²) in [5.74, 6) is 0. The summed E-state index contributed by atoms with van der Waals surface area (Å²) in [6.07, 6.45) is 0.152. The van der Waals surface area contributed by atoms with Gasteiger partial charge in [0.05, 0.1) is 23.6 Å². The summed E-state index contributed by atoms with van der Waals surface area (Å²) in [5, 5.41) is 10.9. The molecule has 0 amide bonds. The summed E-state index contributed by atoms with van der Waals surface area (Å²) in [6, 6.07) is 15.2. The van der Waals surface area contributed by atoms with Crippen LogP contribution in [0.15, 0.2) is 58.1 Å². The first kappa shape index (κ1) is 16.8. The van der Waals surface area contributed by atoms with Crippen LogP contribution in [0.1, 0.15) is 11.1 Å². The van der Waals surface area contributed by atoms with Crippen molar-refractivity contribution in [1.29, 1.82) is 0 Å². The number of H-pyrrole nitrogens is 1. The number of aliphatic hydroxyl groups excluding tert-OH is 1. The summed E-state index contributed by atoms with van der Waals surface area (Å²) in [6.45, 7) is 2.04. The molecule has 3 aromatic rings. The third-order valence-electron chi connectivity index (χ3n) is 4.96. The van der Waals surface area contributed by atoms with Gasteiger partial charge < -0.3 is 10.1 Å². The summed E-state index contributed by atoms with van der Waals surface area (Å²) in [7, 11) is 0. The molecule has 4 rings (SSSR count). The number of fused-ring (bicyclic) bond motifs is 2. The lowest BCUT2D eigenvalue weighted by atomic mass is 10.00. The predicted molar refractivity (Wildman–Crippen MR) is 100 cm³/mol. The number of β-amino-alcohol motifs (C(OH)–C–C–N with tert-alkyl or cyclic N) is 1. The lowest BCUT2D eigenvalue weighted by molar-refractivity contribution is 0.0900. The number of hydrogen-bond donors (Lipinski definition) is 2. The van der Waals surface area contributed by atoms with E-state index in [4.69, 9.17) is 0 Å². The van der Waals surface area contributed by atoms with E-state index in [1.165, 1.54) is 11.1 Å². The van der Waals surface area contributed by atoms with Gasteiger partial charge in [0, 0.05) is 19.6 Å². The van der Waals surface area contributed by atoms with E-state index in [9.17, 15) is 14.7 Å². The molecule has 26 heavy (non-hydrogen) atoms. The molecule has 2 aromatic carbocycles. The molecule has 1 aliphatic heterocycles. The molecule has 0 radical (unpaired) electrons. The molecule has 1 aromatic heterocycles. The van der Waals surface area contributed by atoms with Gasteiger partial charge in [-0.05, 0) is 29.7 Å². The van der Waals surface area contributed by atoms with Crippen molar-refractivity contribution in [1.82, 2.24) is 14.5 Å². The van der Waals surface area contributed by atoms with E-state index in [0.717, 1.165) is 24.1 Å².